The summed E-state index contributed by atoms with van der Waals surface area (Å²) in [6.07, 6.45) is 1.54. The number of carbonyl (C=O) groups excluding carboxylic acids is 2. The molecule has 1 rings (SSSR count). The number of nitrogens with two attached hydrogens (primary N) is 1. The molecule has 0 spiro atoms. The van der Waals surface area contributed by atoms with Crippen molar-refractivity contribution in [3.63, 3.8) is 0 Å². The highest BCUT2D eigenvalue weighted by molar-refractivity contribution is 14.1. The van der Waals surface area contributed by atoms with E-state index in [1.54, 1.807) is 13.0 Å². The predicted octanol–water partition coefficient (Wildman–Crippen LogP) is -0.0438. The lowest BCUT2D eigenvalue weighted by Gasteiger charge is -2.06. The van der Waals surface area contributed by atoms with Crippen LogP contribution in [-0.2, 0) is 11.3 Å². The number of urea groups is 1. The Morgan fingerprint density at radius 1 is 1.56 bits per heavy atom. The van der Waals surface area contributed by atoms with Crippen LogP contribution in [0.15, 0.2) is 17.1 Å². The SMILES string of the molecule is Cc1cc(I)cn(CC(=O)NC(N)=O)c1=O. The highest BCUT2D eigenvalue weighted by Crippen LogP contribution is 2.03. The van der Waals surface area contributed by atoms with Gasteiger partial charge in [0.25, 0.3) is 5.56 Å². The van der Waals surface area contributed by atoms with E-state index < -0.39 is 11.9 Å². The van der Waals surface area contributed by atoms with Crippen LogP contribution in [0, 0.1) is 10.5 Å². The van der Waals surface area contributed by atoms with Crippen LogP contribution < -0.4 is 16.6 Å². The van der Waals surface area contributed by atoms with Gasteiger partial charge in [-0.3, -0.25) is 14.9 Å². The van der Waals surface area contributed by atoms with Gasteiger partial charge in [-0.15, -0.1) is 0 Å². The summed E-state index contributed by atoms with van der Waals surface area (Å²) in [4.78, 5) is 33.2. The van der Waals surface area contributed by atoms with Crippen molar-refractivity contribution in [1.29, 1.82) is 0 Å². The number of hydrogen-bond acceptors (Lipinski definition) is 3. The number of aromatic nitrogens is 1. The van der Waals surface area contributed by atoms with Crippen LogP contribution >= 0.6 is 22.6 Å². The molecule has 0 atom stereocenters. The monoisotopic (exact) mass is 335 g/mol. The number of aryl methyl sites for hydroxylation is 1. The molecule has 3 N–H and O–H groups in total. The summed E-state index contributed by atoms with van der Waals surface area (Å²) in [5.74, 6) is -0.615. The minimum absolute atomic E-state index is 0.223. The van der Waals surface area contributed by atoms with Gasteiger partial charge in [0.05, 0.1) is 0 Å². The largest absolute Gasteiger partial charge is 0.351 e. The first-order valence-electron chi connectivity index (χ1n) is 4.36. The lowest BCUT2D eigenvalue weighted by Crippen LogP contribution is -2.39. The molecule has 0 saturated heterocycles. The molecule has 3 amide bonds. The maximum absolute atomic E-state index is 11.6. The van der Waals surface area contributed by atoms with E-state index in [1.807, 2.05) is 27.9 Å². The van der Waals surface area contributed by atoms with Gasteiger partial charge in [-0.1, -0.05) is 0 Å². The summed E-state index contributed by atoms with van der Waals surface area (Å²) in [5, 5.41) is 1.90. The lowest BCUT2D eigenvalue weighted by atomic mass is 10.3. The Morgan fingerprint density at radius 3 is 2.75 bits per heavy atom. The van der Waals surface area contributed by atoms with Crippen molar-refractivity contribution in [2.75, 3.05) is 0 Å². The Bertz CT molecular complexity index is 495. The van der Waals surface area contributed by atoms with Gasteiger partial charge in [-0.25, -0.2) is 4.79 Å². The lowest BCUT2D eigenvalue weighted by molar-refractivity contribution is -0.120. The molecule has 0 bridgehead atoms. The molecule has 1 heterocycles. The Morgan fingerprint density at radius 2 is 2.19 bits per heavy atom. The number of halogens is 1. The van der Waals surface area contributed by atoms with Gasteiger partial charge >= 0.3 is 6.03 Å². The highest BCUT2D eigenvalue weighted by Gasteiger charge is 2.08. The number of nitrogens with one attached hydrogen (secondary N) is 1. The molecule has 0 aliphatic carbocycles. The van der Waals surface area contributed by atoms with E-state index in [0.29, 0.717) is 5.56 Å². The fraction of sp³-hybridized carbons (Fsp3) is 0.222. The van der Waals surface area contributed by atoms with Crippen molar-refractivity contribution in [3.05, 3.63) is 31.8 Å². The molecule has 7 heteroatoms. The molecule has 1 aromatic rings. The third-order valence-electron chi connectivity index (χ3n) is 1.81. The second-order valence-electron chi connectivity index (χ2n) is 3.19. The van der Waals surface area contributed by atoms with Crippen molar-refractivity contribution >= 4 is 34.5 Å². The fourth-order valence-electron chi connectivity index (χ4n) is 1.19. The summed E-state index contributed by atoms with van der Waals surface area (Å²) in [6, 6.07) is 0.783. The van der Waals surface area contributed by atoms with E-state index in [0.717, 1.165) is 3.57 Å². The van der Waals surface area contributed by atoms with E-state index in [2.05, 4.69) is 0 Å². The van der Waals surface area contributed by atoms with Crippen molar-refractivity contribution < 1.29 is 9.59 Å². The first-order chi connectivity index (χ1) is 7.40. The van der Waals surface area contributed by atoms with Crippen LogP contribution in [0.5, 0.6) is 0 Å². The Balaban J connectivity index is 2.93. The fourth-order valence-corrected chi connectivity index (χ4v) is 1.99. The normalized spacial score (nSPS) is 9.88. The van der Waals surface area contributed by atoms with Gasteiger partial charge in [-0.2, -0.15) is 0 Å². The van der Waals surface area contributed by atoms with E-state index in [4.69, 9.17) is 5.73 Å². The van der Waals surface area contributed by atoms with Crippen LogP contribution in [0.2, 0.25) is 0 Å². The third kappa shape index (κ3) is 3.33. The zero-order valence-electron chi connectivity index (χ0n) is 8.49. The molecule has 0 saturated carbocycles. The topological polar surface area (TPSA) is 94.2 Å². The van der Waals surface area contributed by atoms with Gasteiger partial charge in [0.15, 0.2) is 0 Å². The zero-order chi connectivity index (χ0) is 12.3. The minimum atomic E-state index is -0.930. The molecule has 0 aliphatic heterocycles. The number of nitrogens with zero attached hydrogens (tertiary/aromatic N) is 1. The van der Waals surface area contributed by atoms with Gasteiger partial charge in [-0.05, 0) is 35.6 Å². The second kappa shape index (κ2) is 5.10. The number of pyridine rings is 1. The predicted molar refractivity (Wildman–Crippen MR) is 65.9 cm³/mol. The second-order valence-corrected chi connectivity index (χ2v) is 4.43. The third-order valence-corrected chi connectivity index (χ3v) is 2.40. The molecule has 0 unspecified atom stereocenters. The average molecular weight is 335 g/mol. The van der Waals surface area contributed by atoms with Gasteiger partial charge < -0.3 is 10.3 Å². The molecule has 0 fully saturated rings. The van der Waals surface area contributed by atoms with Crippen LogP contribution in [0.4, 0.5) is 4.79 Å². The number of hydrogen-bond donors (Lipinski definition) is 2. The molecule has 0 aromatic carbocycles. The Kier molecular flexibility index (Phi) is 4.05. The molecule has 86 valence electrons. The van der Waals surface area contributed by atoms with E-state index in [1.165, 1.54) is 10.8 Å². The van der Waals surface area contributed by atoms with Gasteiger partial charge in [0.2, 0.25) is 5.91 Å². The van der Waals surface area contributed by atoms with Gasteiger partial charge in [0.1, 0.15) is 6.54 Å². The first kappa shape index (κ1) is 12.7. The molecule has 0 radical (unpaired) electrons. The van der Waals surface area contributed by atoms with Crippen LogP contribution in [0.3, 0.4) is 0 Å². The number of primary amides is 1. The van der Waals surface area contributed by atoms with Crippen molar-refractivity contribution in [2.45, 2.75) is 13.5 Å². The molecule has 6 nitrogen and oxygen atoms in total. The standard InChI is InChI=1S/C9H10IN3O3/c1-5-2-6(10)3-13(8(5)15)4-7(14)12-9(11)16/h2-3H,4H2,1H3,(H3,11,12,14,16). The smallest absolute Gasteiger partial charge is 0.318 e. The summed E-state index contributed by atoms with van der Waals surface area (Å²) < 4.78 is 2.07. The summed E-state index contributed by atoms with van der Waals surface area (Å²) in [7, 11) is 0. The average Bonchev–Trinajstić information content (AvgIpc) is 2.11. The van der Waals surface area contributed by atoms with E-state index in [-0.39, 0.29) is 12.1 Å². The molecule has 0 aliphatic rings. The van der Waals surface area contributed by atoms with Crippen molar-refractivity contribution in [3.8, 4) is 0 Å². The summed E-state index contributed by atoms with van der Waals surface area (Å²) >= 11 is 2.04. The highest BCUT2D eigenvalue weighted by atomic mass is 127. The maximum Gasteiger partial charge on any atom is 0.318 e. The van der Waals surface area contributed by atoms with Gasteiger partial charge in [0, 0.05) is 15.3 Å². The van der Waals surface area contributed by atoms with E-state index >= 15 is 0 Å². The summed E-state index contributed by atoms with van der Waals surface area (Å²) in [6.45, 7) is 1.44. The van der Waals surface area contributed by atoms with Crippen LogP contribution in [0.25, 0.3) is 0 Å². The van der Waals surface area contributed by atoms with Crippen molar-refractivity contribution in [2.24, 2.45) is 5.73 Å². The van der Waals surface area contributed by atoms with Crippen LogP contribution in [0.1, 0.15) is 5.56 Å². The molecular weight excluding hydrogens is 325 g/mol. The Labute approximate surface area is 105 Å². The molecule has 16 heavy (non-hydrogen) atoms. The quantitative estimate of drug-likeness (QED) is 0.743. The summed E-state index contributed by atoms with van der Waals surface area (Å²) in [5.41, 5.74) is 5.06. The number of imide groups is 1. The molecule has 1 aromatic heterocycles. The zero-order valence-corrected chi connectivity index (χ0v) is 10.6. The Hall–Kier alpha value is -1.38. The number of amides is 3. The van der Waals surface area contributed by atoms with E-state index in [9.17, 15) is 14.4 Å². The van der Waals surface area contributed by atoms with Crippen molar-refractivity contribution in [1.82, 2.24) is 9.88 Å². The number of carbonyl (C=O) groups is 2. The minimum Gasteiger partial charge on any atom is -0.351 e. The maximum atomic E-state index is 11.6. The number of rotatable bonds is 2. The molecular formula is C9H10IN3O3. The van der Waals surface area contributed by atoms with Crippen LogP contribution in [-0.4, -0.2) is 16.5 Å². The first-order valence-corrected chi connectivity index (χ1v) is 5.44.